The Hall–Kier alpha value is -3.92. The third kappa shape index (κ3) is 5.52. The Labute approximate surface area is 198 Å². The van der Waals surface area contributed by atoms with E-state index in [4.69, 9.17) is 18.9 Å². The largest absolute Gasteiger partial charge is 0.495 e. The number of methoxy groups -OCH3 is 3. The zero-order valence-corrected chi connectivity index (χ0v) is 20.1. The highest BCUT2D eigenvalue weighted by Crippen LogP contribution is 2.33. The van der Waals surface area contributed by atoms with Crippen LogP contribution in [0.2, 0.25) is 0 Å². The first-order valence-corrected chi connectivity index (χ1v) is 11.8. The molecule has 3 rings (SSSR count). The third-order valence-electron chi connectivity index (χ3n) is 4.78. The van der Waals surface area contributed by atoms with Gasteiger partial charge in [-0.15, -0.1) is 0 Å². The second-order valence-electron chi connectivity index (χ2n) is 6.92. The molecule has 1 amide bonds. The molecule has 10 heteroatoms. The highest BCUT2D eigenvalue weighted by molar-refractivity contribution is 7.92. The van der Waals surface area contributed by atoms with Crippen molar-refractivity contribution in [1.82, 2.24) is 0 Å². The van der Waals surface area contributed by atoms with Gasteiger partial charge in [-0.3, -0.25) is 9.52 Å². The molecule has 0 radical (unpaired) electrons. The summed E-state index contributed by atoms with van der Waals surface area (Å²) in [5, 5.41) is 2.69. The van der Waals surface area contributed by atoms with Crippen LogP contribution in [0.1, 0.15) is 17.3 Å². The maximum Gasteiger partial charge on any atom is 0.265 e. The second kappa shape index (κ2) is 10.8. The Morgan fingerprint density at radius 2 is 1.53 bits per heavy atom. The summed E-state index contributed by atoms with van der Waals surface area (Å²) in [5.74, 6) is 0.911. The van der Waals surface area contributed by atoms with Gasteiger partial charge in [-0.2, -0.15) is 0 Å². The van der Waals surface area contributed by atoms with Gasteiger partial charge in [0, 0.05) is 11.4 Å². The molecule has 9 nitrogen and oxygen atoms in total. The molecule has 0 saturated heterocycles. The van der Waals surface area contributed by atoms with Crippen LogP contribution in [0.5, 0.6) is 23.0 Å². The van der Waals surface area contributed by atoms with Gasteiger partial charge < -0.3 is 24.3 Å². The van der Waals surface area contributed by atoms with Gasteiger partial charge in [0.1, 0.15) is 16.4 Å². The van der Waals surface area contributed by atoms with Crippen LogP contribution in [0.15, 0.2) is 65.6 Å². The van der Waals surface area contributed by atoms with Crippen molar-refractivity contribution in [3.05, 3.63) is 66.2 Å². The molecular formula is C24H26N2O7S. The van der Waals surface area contributed by atoms with Crippen LogP contribution >= 0.6 is 0 Å². The average molecular weight is 487 g/mol. The zero-order chi connectivity index (χ0) is 24.7. The number of hydrogen-bond donors (Lipinski definition) is 2. The summed E-state index contributed by atoms with van der Waals surface area (Å²) in [4.78, 5) is 12.8. The molecule has 0 aliphatic carbocycles. The molecule has 3 aromatic carbocycles. The van der Waals surface area contributed by atoms with Crippen LogP contribution < -0.4 is 29.0 Å². The number of para-hydroxylation sites is 1. The number of sulfonamides is 1. The molecule has 180 valence electrons. The first-order chi connectivity index (χ1) is 16.3. The van der Waals surface area contributed by atoms with E-state index in [9.17, 15) is 13.2 Å². The van der Waals surface area contributed by atoms with Crippen LogP contribution in [0.4, 0.5) is 11.4 Å². The van der Waals surface area contributed by atoms with Crippen molar-refractivity contribution in [2.24, 2.45) is 0 Å². The Morgan fingerprint density at radius 1 is 0.853 bits per heavy atom. The highest BCUT2D eigenvalue weighted by Gasteiger charge is 2.22. The van der Waals surface area contributed by atoms with Crippen LogP contribution in [0.3, 0.4) is 0 Å². The van der Waals surface area contributed by atoms with E-state index < -0.39 is 15.9 Å². The smallest absolute Gasteiger partial charge is 0.265 e. The van der Waals surface area contributed by atoms with E-state index >= 15 is 0 Å². The lowest BCUT2D eigenvalue weighted by Crippen LogP contribution is -2.16. The van der Waals surface area contributed by atoms with Gasteiger partial charge in [0.2, 0.25) is 0 Å². The molecule has 0 aliphatic heterocycles. The van der Waals surface area contributed by atoms with Gasteiger partial charge in [0.05, 0.1) is 33.5 Å². The third-order valence-corrected chi connectivity index (χ3v) is 6.18. The van der Waals surface area contributed by atoms with Crippen LogP contribution in [-0.4, -0.2) is 42.3 Å². The number of carbonyl (C=O) groups is 1. The minimum atomic E-state index is -4.04. The zero-order valence-electron chi connectivity index (χ0n) is 19.2. The van der Waals surface area contributed by atoms with Gasteiger partial charge in [0.25, 0.3) is 15.9 Å². The maximum absolute atomic E-state index is 13.1. The minimum absolute atomic E-state index is 0.121. The van der Waals surface area contributed by atoms with Gasteiger partial charge in [-0.1, -0.05) is 6.07 Å². The topological polar surface area (TPSA) is 112 Å². The summed E-state index contributed by atoms with van der Waals surface area (Å²) in [6, 6.07) is 15.7. The van der Waals surface area contributed by atoms with Crippen LogP contribution in [-0.2, 0) is 10.0 Å². The number of amides is 1. The van der Waals surface area contributed by atoms with Crippen molar-refractivity contribution < 1.29 is 32.2 Å². The number of carbonyl (C=O) groups excluding carboxylic acids is 1. The Balaban J connectivity index is 1.89. The Bertz CT molecular complexity index is 1260. The number of nitrogens with one attached hydrogen (secondary N) is 2. The SMILES string of the molecule is CCOc1ccc(NS(=O)(=O)c2cc(NC(=O)c3cccc(OC)c3OC)ccc2OC)cc1. The lowest BCUT2D eigenvalue weighted by atomic mass is 10.1. The number of anilines is 2. The molecule has 0 spiro atoms. The van der Waals surface area contributed by atoms with E-state index in [1.807, 2.05) is 6.92 Å². The lowest BCUT2D eigenvalue weighted by Gasteiger charge is -2.15. The molecular weight excluding hydrogens is 460 g/mol. The van der Waals surface area contributed by atoms with Crippen molar-refractivity contribution >= 4 is 27.3 Å². The molecule has 2 N–H and O–H groups in total. The first kappa shape index (κ1) is 24.7. The summed E-state index contributed by atoms with van der Waals surface area (Å²) in [6.45, 7) is 2.36. The summed E-state index contributed by atoms with van der Waals surface area (Å²) < 4.78 is 49.9. The summed E-state index contributed by atoms with van der Waals surface area (Å²) in [6.07, 6.45) is 0. The molecule has 0 aromatic heterocycles. The fraction of sp³-hybridized carbons (Fsp3) is 0.208. The Morgan fingerprint density at radius 3 is 2.15 bits per heavy atom. The molecule has 0 unspecified atom stereocenters. The van der Waals surface area contributed by atoms with Crippen molar-refractivity contribution in [2.45, 2.75) is 11.8 Å². The maximum atomic E-state index is 13.1. The number of benzene rings is 3. The lowest BCUT2D eigenvalue weighted by molar-refractivity contribution is 0.102. The molecule has 0 bridgehead atoms. The molecule has 3 aromatic rings. The van der Waals surface area contributed by atoms with Crippen molar-refractivity contribution in [3.8, 4) is 23.0 Å². The normalized spacial score (nSPS) is 10.8. The van der Waals surface area contributed by atoms with E-state index in [1.165, 1.54) is 33.5 Å². The molecule has 0 aliphatic rings. The molecule has 0 fully saturated rings. The number of ether oxygens (including phenoxy) is 4. The van der Waals surface area contributed by atoms with E-state index in [1.54, 1.807) is 48.5 Å². The molecule has 0 saturated carbocycles. The van der Waals surface area contributed by atoms with E-state index in [0.29, 0.717) is 23.8 Å². The van der Waals surface area contributed by atoms with Crippen LogP contribution in [0.25, 0.3) is 0 Å². The summed E-state index contributed by atoms with van der Waals surface area (Å²) in [7, 11) is 0.226. The predicted octanol–water partition coefficient (Wildman–Crippen LogP) is 4.16. The molecule has 34 heavy (non-hydrogen) atoms. The average Bonchev–Trinajstić information content (AvgIpc) is 2.84. The van der Waals surface area contributed by atoms with Gasteiger partial charge in [-0.25, -0.2) is 8.42 Å². The van der Waals surface area contributed by atoms with E-state index in [2.05, 4.69) is 10.0 Å². The predicted molar refractivity (Wildman–Crippen MR) is 129 cm³/mol. The molecule has 0 heterocycles. The molecule has 0 atom stereocenters. The number of hydrogen-bond acceptors (Lipinski definition) is 7. The standard InChI is InChI=1S/C24H26N2O7S/c1-5-33-18-12-9-16(10-13-18)26-34(28,29)22-15-17(11-14-20(22)30-2)25-24(27)19-7-6-8-21(31-3)23(19)32-4/h6-15,26H,5H2,1-4H3,(H,25,27). The first-order valence-electron chi connectivity index (χ1n) is 10.3. The Kier molecular flexibility index (Phi) is 7.85. The van der Waals surface area contributed by atoms with Gasteiger partial charge in [0.15, 0.2) is 11.5 Å². The van der Waals surface area contributed by atoms with E-state index in [0.717, 1.165) is 0 Å². The number of rotatable bonds is 10. The van der Waals surface area contributed by atoms with Gasteiger partial charge >= 0.3 is 0 Å². The van der Waals surface area contributed by atoms with Crippen molar-refractivity contribution in [3.63, 3.8) is 0 Å². The minimum Gasteiger partial charge on any atom is -0.495 e. The summed E-state index contributed by atoms with van der Waals surface area (Å²) in [5.41, 5.74) is 0.832. The van der Waals surface area contributed by atoms with Gasteiger partial charge in [-0.05, 0) is 61.5 Å². The monoisotopic (exact) mass is 486 g/mol. The summed E-state index contributed by atoms with van der Waals surface area (Å²) >= 11 is 0. The highest BCUT2D eigenvalue weighted by atomic mass is 32.2. The van der Waals surface area contributed by atoms with Crippen molar-refractivity contribution in [1.29, 1.82) is 0 Å². The fourth-order valence-electron chi connectivity index (χ4n) is 3.22. The fourth-order valence-corrected chi connectivity index (χ4v) is 4.48. The quantitative estimate of drug-likeness (QED) is 0.442. The van der Waals surface area contributed by atoms with Crippen molar-refractivity contribution in [2.75, 3.05) is 38.0 Å². The van der Waals surface area contributed by atoms with Crippen LogP contribution in [0, 0.1) is 0 Å². The second-order valence-corrected chi connectivity index (χ2v) is 8.57. The van der Waals surface area contributed by atoms with E-state index in [-0.39, 0.29) is 27.6 Å².